The number of benzene rings is 1. The number of ether oxygens (including phenoxy) is 1. The minimum absolute atomic E-state index is 0.786. The van der Waals surface area contributed by atoms with Crippen molar-refractivity contribution in [2.75, 3.05) is 7.11 Å². The highest BCUT2D eigenvalue weighted by atomic mass is 16.5. The first-order valence-electron chi connectivity index (χ1n) is 9.94. The Balaban J connectivity index is 1.46. The smallest absolute Gasteiger partial charge is 0.118 e. The minimum Gasteiger partial charge on any atom is -0.497 e. The van der Waals surface area contributed by atoms with Crippen LogP contribution in [0.4, 0.5) is 0 Å². The first kappa shape index (κ1) is 16.9. The highest BCUT2D eigenvalue weighted by Crippen LogP contribution is 2.44. The number of hydrogen-bond donors (Lipinski definition) is 0. The van der Waals surface area contributed by atoms with E-state index in [0.717, 1.165) is 29.4 Å². The number of hydrogen-bond acceptors (Lipinski definition) is 1. The molecule has 0 atom stereocenters. The largest absolute Gasteiger partial charge is 0.497 e. The van der Waals surface area contributed by atoms with Gasteiger partial charge in [0.05, 0.1) is 7.11 Å². The van der Waals surface area contributed by atoms with Crippen LogP contribution in [0.5, 0.6) is 5.75 Å². The molecule has 0 spiro atoms. The second-order valence-corrected chi connectivity index (χ2v) is 7.95. The zero-order valence-corrected chi connectivity index (χ0v) is 15.1. The van der Waals surface area contributed by atoms with E-state index in [1.807, 2.05) is 0 Å². The van der Waals surface area contributed by atoms with E-state index in [-0.39, 0.29) is 0 Å². The summed E-state index contributed by atoms with van der Waals surface area (Å²) in [4.78, 5) is 0. The van der Waals surface area contributed by atoms with Crippen LogP contribution in [0.25, 0.3) is 0 Å². The normalized spacial score (nSPS) is 31.7. The van der Waals surface area contributed by atoms with Crippen molar-refractivity contribution in [3.63, 3.8) is 0 Å². The topological polar surface area (TPSA) is 9.23 Å². The lowest BCUT2D eigenvalue weighted by Gasteiger charge is -2.38. The first-order chi connectivity index (χ1) is 11.3. The van der Waals surface area contributed by atoms with Gasteiger partial charge in [0.1, 0.15) is 5.75 Å². The molecule has 1 nitrogen and oxygen atoms in total. The zero-order chi connectivity index (χ0) is 16.1. The van der Waals surface area contributed by atoms with Crippen molar-refractivity contribution in [1.29, 1.82) is 0 Å². The predicted molar refractivity (Wildman–Crippen MR) is 98.0 cm³/mol. The summed E-state index contributed by atoms with van der Waals surface area (Å²) >= 11 is 0. The monoisotopic (exact) mass is 314 g/mol. The molecule has 0 amide bonds. The van der Waals surface area contributed by atoms with Crippen molar-refractivity contribution in [1.82, 2.24) is 0 Å². The van der Waals surface area contributed by atoms with Gasteiger partial charge in [0.15, 0.2) is 0 Å². The Morgan fingerprint density at radius 1 is 0.826 bits per heavy atom. The van der Waals surface area contributed by atoms with Gasteiger partial charge in [0.2, 0.25) is 0 Å². The van der Waals surface area contributed by atoms with Gasteiger partial charge in [-0.2, -0.15) is 0 Å². The molecule has 1 aromatic rings. The van der Waals surface area contributed by atoms with Crippen molar-refractivity contribution in [2.45, 2.75) is 77.0 Å². The van der Waals surface area contributed by atoms with E-state index in [1.54, 1.807) is 7.11 Å². The van der Waals surface area contributed by atoms with E-state index in [9.17, 15) is 0 Å². The van der Waals surface area contributed by atoms with E-state index in [1.165, 1.54) is 69.8 Å². The van der Waals surface area contributed by atoms with Gasteiger partial charge < -0.3 is 4.74 Å². The summed E-state index contributed by atoms with van der Waals surface area (Å²) in [6.45, 7) is 2.34. The third kappa shape index (κ3) is 4.31. The van der Waals surface area contributed by atoms with Crippen LogP contribution in [0, 0.1) is 17.8 Å². The Morgan fingerprint density at radius 2 is 1.39 bits per heavy atom. The van der Waals surface area contributed by atoms with Crippen molar-refractivity contribution >= 4 is 0 Å². The molecule has 0 saturated heterocycles. The van der Waals surface area contributed by atoms with Gasteiger partial charge in [-0.3, -0.25) is 0 Å². The van der Waals surface area contributed by atoms with E-state index < -0.39 is 0 Å². The summed E-state index contributed by atoms with van der Waals surface area (Å²) in [5.74, 6) is 4.87. The summed E-state index contributed by atoms with van der Waals surface area (Å²) in [6, 6.07) is 8.80. The van der Waals surface area contributed by atoms with E-state index in [2.05, 4.69) is 31.2 Å². The zero-order valence-electron chi connectivity index (χ0n) is 15.1. The fourth-order valence-electron chi connectivity index (χ4n) is 5.16. The fourth-order valence-corrected chi connectivity index (χ4v) is 5.16. The van der Waals surface area contributed by atoms with Crippen LogP contribution in [0.2, 0.25) is 0 Å². The molecule has 2 saturated carbocycles. The predicted octanol–water partition coefficient (Wildman–Crippen LogP) is 6.58. The minimum atomic E-state index is 0.786. The quantitative estimate of drug-likeness (QED) is 0.596. The van der Waals surface area contributed by atoms with Crippen molar-refractivity contribution in [3.05, 3.63) is 29.8 Å². The highest BCUT2D eigenvalue weighted by molar-refractivity contribution is 5.29. The fraction of sp³-hybridized carbons (Fsp3) is 0.727. The Hall–Kier alpha value is -0.980. The van der Waals surface area contributed by atoms with Gasteiger partial charge in [0.25, 0.3) is 0 Å². The Kier molecular flexibility index (Phi) is 6.02. The molecule has 2 fully saturated rings. The van der Waals surface area contributed by atoms with Crippen LogP contribution in [0.15, 0.2) is 24.3 Å². The average molecular weight is 315 g/mol. The summed E-state index contributed by atoms with van der Waals surface area (Å²) in [6.07, 6.45) is 14.6. The summed E-state index contributed by atoms with van der Waals surface area (Å²) in [5, 5.41) is 0. The Morgan fingerprint density at radius 3 is 1.91 bits per heavy atom. The molecule has 0 heterocycles. The van der Waals surface area contributed by atoms with Gasteiger partial charge in [-0.25, -0.2) is 0 Å². The van der Waals surface area contributed by atoms with Crippen molar-refractivity contribution < 1.29 is 4.74 Å². The molecule has 128 valence electrons. The molecule has 23 heavy (non-hydrogen) atoms. The molecule has 0 unspecified atom stereocenters. The molecule has 0 aliphatic heterocycles. The van der Waals surface area contributed by atoms with E-state index in [0.29, 0.717) is 0 Å². The highest BCUT2D eigenvalue weighted by Gasteiger charge is 2.30. The Labute approximate surface area is 142 Å². The maximum Gasteiger partial charge on any atom is 0.118 e. The maximum atomic E-state index is 5.28. The van der Waals surface area contributed by atoms with Crippen LogP contribution in [0.3, 0.4) is 0 Å². The summed E-state index contributed by atoms with van der Waals surface area (Å²) < 4.78 is 5.28. The molecule has 1 heteroatoms. The third-order valence-corrected chi connectivity index (χ3v) is 6.61. The molecule has 0 radical (unpaired) electrons. The van der Waals surface area contributed by atoms with Gasteiger partial charge in [-0.05, 0) is 79.9 Å². The van der Waals surface area contributed by atoms with Crippen LogP contribution in [-0.4, -0.2) is 7.11 Å². The first-order valence-corrected chi connectivity index (χ1v) is 9.94. The molecule has 1 aromatic carbocycles. The van der Waals surface area contributed by atoms with Crippen molar-refractivity contribution in [3.8, 4) is 5.75 Å². The van der Waals surface area contributed by atoms with Gasteiger partial charge in [-0.1, -0.05) is 44.7 Å². The van der Waals surface area contributed by atoms with Gasteiger partial charge in [0, 0.05) is 0 Å². The number of methoxy groups -OCH3 is 1. The van der Waals surface area contributed by atoms with Crippen LogP contribution >= 0.6 is 0 Å². The second-order valence-electron chi connectivity index (χ2n) is 7.95. The van der Waals surface area contributed by atoms with E-state index >= 15 is 0 Å². The maximum absolute atomic E-state index is 5.28. The molecule has 0 N–H and O–H groups in total. The lowest BCUT2D eigenvalue weighted by molar-refractivity contribution is 0.156. The Bertz CT molecular complexity index is 447. The molecular weight excluding hydrogens is 280 g/mol. The molecule has 0 aromatic heterocycles. The molecule has 2 aliphatic carbocycles. The average Bonchev–Trinajstić information content (AvgIpc) is 2.63. The second kappa shape index (κ2) is 8.22. The van der Waals surface area contributed by atoms with Crippen molar-refractivity contribution in [2.24, 2.45) is 17.8 Å². The molecular formula is C22H34O. The van der Waals surface area contributed by atoms with Gasteiger partial charge in [-0.15, -0.1) is 0 Å². The lowest BCUT2D eigenvalue weighted by Crippen LogP contribution is -2.25. The third-order valence-electron chi connectivity index (χ3n) is 6.61. The molecule has 0 bridgehead atoms. The molecule has 2 aliphatic rings. The van der Waals surface area contributed by atoms with Crippen LogP contribution in [-0.2, 0) is 0 Å². The lowest BCUT2D eigenvalue weighted by atomic mass is 9.68. The SMILES string of the molecule is CCC[C@H]1CC[C@H](C2CCC(c3ccc(OC)cc3)CC2)CC1. The summed E-state index contributed by atoms with van der Waals surface area (Å²) in [7, 11) is 1.75. The van der Waals surface area contributed by atoms with Gasteiger partial charge >= 0.3 is 0 Å². The van der Waals surface area contributed by atoms with Crippen LogP contribution < -0.4 is 4.74 Å². The standard InChI is InChI=1S/C22H34O/c1-3-4-17-5-7-18(8-6-17)19-9-11-20(12-10-19)21-13-15-22(23-2)16-14-21/h13-20H,3-12H2,1-2H3/t17-,18-,19?,20?. The van der Waals surface area contributed by atoms with E-state index in [4.69, 9.17) is 4.74 Å². The molecule has 3 rings (SSSR count). The summed E-state index contributed by atoms with van der Waals surface area (Å²) in [5.41, 5.74) is 1.52. The number of rotatable bonds is 5. The van der Waals surface area contributed by atoms with Crippen LogP contribution in [0.1, 0.15) is 82.6 Å².